The maximum Gasteiger partial charge on any atom is 0.137 e. The molecule has 0 aromatic carbocycles. The number of nitrogens with zero attached hydrogens (tertiary/aromatic N) is 3. The number of aryl methyl sites for hydroxylation is 1. The van der Waals surface area contributed by atoms with Gasteiger partial charge in [-0.3, -0.25) is 0 Å². The quantitative estimate of drug-likeness (QED) is 0.709. The molecule has 0 saturated heterocycles. The largest absolute Gasteiger partial charge is 0.385 e. The smallest absolute Gasteiger partial charge is 0.137 e. The van der Waals surface area contributed by atoms with Crippen LogP contribution in [0.1, 0.15) is 23.4 Å². The van der Waals surface area contributed by atoms with Crippen LogP contribution in [0.4, 0.5) is 0 Å². The van der Waals surface area contributed by atoms with Crippen LogP contribution in [0, 0.1) is 0 Å². The van der Waals surface area contributed by atoms with Crippen LogP contribution in [0.2, 0.25) is 5.02 Å². The minimum Gasteiger partial charge on any atom is -0.385 e. The SMILES string of the molecule is COCCCc1ncc(Cc2c[nH]c3ncc(Cl)cc23)cn1. The van der Waals surface area contributed by atoms with Gasteiger partial charge in [-0.15, -0.1) is 0 Å². The fourth-order valence-electron chi connectivity index (χ4n) is 2.37. The van der Waals surface area contributed by atoms with Crippen LogP contribution >= 0.6 is 11.6 Å². The highest BCUT2D eigenvalue weighted by Crippen LogP contribution is 2.22. The predicted octanol–water partition coefficient (Wildman–Crippen LogP) is 3.18. The first-order chi connectivity index (χ1) is 10.8. The van der Waals surface area contributed by atoms with Crippen LogP contribution in [0.15, 0.2) is 30.9 Å². The number of hydrogen-bond acceptors (Lipinski definition) is 4. The summed E-state index contributed by atoms with van der Waals surface area (Å²) in [6, 6.07) is 1.93. The first kappa shape index (κ1) is 14.9. The van der Waals surface area contributed by atoms with Gasteiger partial charge < -0.3 is 9.72 Å². The Labute approximate surface area is 133 Å². The van der Waals surface area contributed by atoms with Crippen molar-refractivity contribution in [1.82, 2.24) is 19.9 Å². The molecule has 3 aromatic heterocycles. The second-order valence-corrected chi connectivity index (χ2v) is 5.58. The molecule has 3 aromatic rings. The average Bonchev–Trinajstić information content (AvgIpc) is 2.92. The van der Waals surface area contributed by atoms with E-state index in [1.165, 1.54) is 0 Å². The van der Waals surface area contributed by atoms with Crippen molar-refractivity contribution in [1.29, 1.82) is 0 Å². The van der Waals surface area contributed by atoms with Crippen molar-refractivity contribution < 1.29 is 4.74 Å². The summed E-state index contributed by atoms with van der Waals surface area (Å²) in [4.78, 5) is 16.2. The van der Waals surface area contributed by atoms with E-state index in [0.29, 0.717) is 5.02 Å². The van der Waals surface area contributed by atoms with E-state index in [2.05, 4.69) is 19.9 Å². The molecule has 114 valence electrons. The summed E-state index contributed by atoms with van der Waals surface area (Å²) < 4.78 is 5.03. The molecule has 22 heavy (non-hydrogen) atoms. The van der Waals surface area contributed by atoms with Crippen molar-refractivity contribution in [3.8, 4) is 0 Å². The Morgan fingerprint density at radius 1 is 1.18 bits per heavy atom. The molecule has 0 bridgehead atoms. The van der Waals surface area contributed by atoms with E-state index in [1.807, 2.05) is 24.7 Å². The zero-order valence-corrected chi connectivity index (χ0v) is 13.1. The topological polar surface area (TPSA) is 63.7 Å². The lowest BCUT2D eigenvalue weighted by Gasteiger charge is -2.03. The Morgan fingerprint density at radius 2 is 2.00 bits per heavy atom. The average molecular weight is 317 g/mol. The predicted molar refractivity (Wildman–Crippen MR) is 86.1 cm³/mol. The summed E-state index contributed by atoms with van der Waals surface area (Å²) in [5.41, 5.74) is 3.05. The van der Waals surface area contributed by atoms with E-state index in [0.717, 1.165) is 53.9 Å². The number of ether oxygens (including phenoxy) is 1. The summed E-state index contributed by atoms with van der Waals surface area (Å²) in [6.45, 7) is 0.730. The first-order valence-electron chi connectivity index (χ1n) is 7.16. The molecular formula is C16H17ClN4O. The Balaban J connectivity index is 1.73. The van der Waals surface area contributed by atoms with Gasteiger partial charge in [0.05, 0.1) is 5.02 Å². The normalized spacial score (nSPS) is 11.2. The number of methoxy groups -OCH3 is 1. The van der Waals surface area contributed by atoms with Crippen LogP contribution in [0.3, 0.4) is 0 Å². The van der Waals surface area contributed by atoms with Crippen LogP contribution in [0.5, 0.6) is 0 Å². The Bertz CT molecular complexity index is 754. The molecule has 3 rings (SSSR count). The molecular weight excluding hydrogens is 300 g/mol. The molecule has 0 saturated carbocycles. The van der Waals surface area contributed by atoms with Crippen LogP contribution < -0.4 is 0 Å². The third-order valence-electron chi connectivity index (χ3n) is 3.49. The zero-order valence-electron chi connectivity index (χ0n) is 12.3. The van der Waals surface area contributed by atoms with Gasteiger partial charge in [-0.1, -0.05) is 11.6 Å². The minimum atomic E-state index is 0.637. The van der Waals surface area contributed by atoms with Crippen molar-refractivity contribution >= 4 is 22.6 Å². The number of halogens is 1. The lowest BCUT2D eigenvalue weighted by molar-refractivity contribution is 0.194. The summed E-state index contributed by atoms with van der Waals surface area (Å²) in [5.74, 6) is 0.851. The van der Waals surface area contributed by atoms with Crippen LogP contribution in [-0.2, 0) is 17.6 Å². The van der Waals surface area contributed by atoms with Crippen LogP contribution in [-0.4, -0.2) is 33.7 Å². The number of H-pyrrole nitrogens is 1. The van der Waals surface area contributed by atoms with Gasteiger partial charge in [0.25, 0.3) is 0 Å². The third-order valence-corrected chi connectivity index (χ3v) is 3.69. The molecule has 3 heterocycles. The van der Waals surface area contributed by atoms with E-state index in [9.17, 15) is 0 Å². The second-order valence-electron chi connectivity index (χ2n) is 5.14. The highest BCUT2D eigenvalue weighted by atomic mass is 35.5. The maximum absolute atomic E-state index is 6.02. The fourth-order valence-corrected chi connectivity index (χ4v) is 2.53. The minimum absolute atomic E-state index is 0.637. The van der Waals surface area contributed by atoms with Gasteiger partial charge in [-0.25, -0.2) is 15.0 Å². The third kappa shape index (κ3) is 3.43. The van der Waals surface area contributed by atoms with Gasteiger partial charge in [0.1, 0.15) is 11.5 Å². The highest BCUT2D eigenvalue weighted by molar-refractivity contribution is 6.31. The van der Waals surface area contributed by atoms with Crippen LogP contribution in [0.25, 0.3) is 11.0 Å². The molecule has 1 N–H and O–H groups in total. The van der Waals surface area contributed by atoms with Crippen molar-refractivity contribution in [2.75, 3.05) is 13.7 Å². The standard InChI is InChI=1S/C16H17ClN4O/c1-22-4-2-3-15-18-7-11(8-19-15)5-12-9-20-16-14(12)6-13(17)10-21-16/h6-10H,2-5H2,1H3,(H,20,21). The number of nitrogens with one attached hydrogen (secondary N) is 1. The Morgan fingerprint density at radius 3 is 2.77 bits per heavy atom. The van der Waals surface area contributed by atoms with Gasteiger partial charge in [0.2, 0.25) is 0 Å². The van der Waals surface area contributed by atoms with E-state index >= 15 is 0 Å². The lowest BCUT2D eigenvalue weighted by Crippen LogP contribution is -1.99. The fraction of sp³-hybridized carbons (Fsp3) is 0.312. The number of aromatic nitrogens is 4. The number of hydrogen-bond donors (Lipinski definition) is 1. The molecule has 0 aliphatic carbocycles. The Kier molecular flexibility index (Phi) is 4.65. The number of fused-ring (bicyclic) bond motifs is 1. The van der Waals surface area contributed by atoms with E-state index in [4.69, 9.17) is 16.3 Å². The Hall–Kier alpha value is -1.98. The molecule has 6 heteroatoms. The monoisotopic (exact) mass is 316 g/mol. The molecule has 0 atom stereocenters. The van der Waals surface area contributed by atoms with Gasteiger partial charge in [0, 0.05) is 56.7 Å². The van der Waals surface area contributed by atoms with E-state index in [1.54, 1.807) is 13.3 Å². The van der Waals surface area contributed by atoms with Gasteiger partial charge >= 0.3 is 0 Å². The molecule has 0 radical (unpaired) electrons. The van der Waals surface area contributed by atoms with Crippen molar-refractivity contribution in [2.45, 2.75) is 19.3 Å². The lowest BCUT2D eigenvalue weighted by atomic mass is 10.1. The number of pyridine rings is 1. The maximum atomic E-state index is 6.02. The van der Waals surface area contributed by atoms with Gasteiger partial charge in [0.15, 0.2) is 0 Å². The molecule has 0 aliphatic heterocycles. The van der Waals surface area contributed by atoms with Crippen molar-refractivity contribution in [2.24, 2.45) is 0 Å². The van der Waals surface area contributed by atoms with Gasteiger partial charge in [-0.05, 0) is 23.6 Å². The molecule has 5 nitrogen and oxygen atoms in total. The summed E-state index contributed by atoms with van der Waals surface area (Å²) in [6.07, 6.45) is 9.88. The van der Waals surface area contributed by atoms with Gasteiger partial charge in [-0.2, -0.15) is 0 Å². The molecule has 0 unspecified atom stereocenters. The summed E-state index contributed by atoms with van der Waals surface area (Å²) in [7, 11) is 1.70. The van der Waals surface area contributed by atoms with Crippen molar-refractivity contribution in [3.05, 3.63) is 52.8 Å². The number of rotatable bonds is 6. The second kappa shape index (κ2) is 6.85. The zero-order chi connectivity index (χ0) is 15.4. The first-order valence-corrected chi connectivity index (χ1v) is 7.54. The van der Waals surface area contributed by atoms with E-state index < -0.39 is 0 Å². The van der Waals surface area contributed by atoms with Crippen molar-refractivity contribution in [3.63, 3.8) is 0 Å². The summed E-state index contributed by atoms with van der Waals surface area (Å²) >= 11 is 6.02. The molecule has 0 spiro atoms. The van der Waals surface area contributed by atoms with E-state index in [-0.39, 0.29) is 0 Å². The highest BCUT2D eigenvalue weighted by Gasteiger charge is 2.07. The molecule has 0 amide bonds. The molecule has 0 aliphatic rings. The number of aromatic amines is 1. The molecule has 0 fully saturated rings. The summed E-state index contributed by atoms with van der Waals surface area (Å²) in [5, 5.41) is 1.68.